The third-order valence-corrected chi connectivity index (χ3v) is 4.46. The van der Waals surface area contributed by atoms with Crippen LogP contribution in [-0.2, 0) is 6.42 Å². The zero-order valence-corrected chi connectivity index (χ0v) is 12.4. The van der Waals surface area contributed by atoms with Gasteiger partial charge < -0.3 is 5.32 Å². The first-order valence-corrected chi connectivity index (χ1v) is 7.64. The monoisotopic (exact) mass is 251 g/mol. The van der Waals surface area contributed by atoms with Crippen LogP contribution in [0.25, 0.3) is 0 Å². The van der Waals surface area contributed by atoms with E-state index in [9.17, 15) is 0 Å². The molecule has 2 heteroatoms. The van der Waals surface area contributed by atoms with Gasteiger partial charge in [-0.2, -0.15) is 11.8 Å². The zero-order chi connectivity index (χ0) is 12.7. The summed E-state index contributed by atoms with van der Waals surface area (Å²) in [5.41, 5.74) is 4.23. The lowest BCUT2D eigenvalue weighted by atomic mass is 10.0. The van der Waals surface area contributed by atoms with Gasteiger partial charge in [-0.25, -0.2) is 0 Å². The molecule has 0 saturated heterocycles. The van der Waals surface area contributed by atoms with E-state index in [0.29, 0.717) is 6.04 Å². The van der Waals surface area contributed by atoms with Crippen LogP contribution in [0.4, 0.5) is 0 Å². The minimum absolute atomic E-state index is 0.591. The average molecular weight is 251 g/mol. The van der Waals surface area contributed by atoms with Gasteiger partial charge in [-0.3, -0.25) is 0 Å². The maximum atomic E-state index is 3.42. The molecular formula is C15H25NS. The normalized spacial score (nSPS) is 12.7. The Hall–Kier alpha value is -0.470. The van der Waals surface area contributed by atoms with Gasteiger partial charge in [-0.15, -0.1) is 0 Å². The Morgan fingerprint density at radius 2 is 2.00 bits per heavy atom. The fourth-order valence-corrected chi connectivity index (χ4v) is 2.85. The van der Waals surface area contributed by atoms with Crippen molar-refractivity contribution < 1.29 is 0 Å². The number of hydrogen-bond donors (Lipinski definition) is 1. The molecule has 0 bridgehead atoms. The van der Waals surface area contributed by atoms with Crippen molar-refractivity contribution in [1.29, 1.82) is 0 Å². The molecule has 1 aromatic carbocycles. The largest absolute Gasteiger partial charge is 0.316 e. The quantitative estimate of drug-likeness (QED) is 0.743. The number of rotatable bonds is 7. The Bertz CT molecular complexity index is 336. The van der Waals surface area contributed by atoms with Gasteiger partial charge in [0.1, 0.15) is 0 Å². The van der Waals surface area contributed by atoms with Gasteiger partial charge in [-0.1, -0.05) is 25.1 Å². The third-order valence-electron chi connectivity index (χ3n) is 3.13. The van der Waals surface area contributed by atoms with E-state index >= 15 is 0 Å². The molecule has 0 aliphatic heterocycles. The molecule has 0 fully saturated rings. The van der Waals surface area contributed by atoms with Crippen molar-refractivity contribution in [2.24, 2.45) is 0 Å². The summed E-state index contributed by atoms with van der Waals surface area (Å²) < 4.78 is 0. The average Bonchev–Trinajstić information content (AvgIpc) is 2.32. The van der Waals surface area contributed by atoms with Gasteiger partial charge in [0.2, 0.25) is 0 Å². The Balaban J connectivity index is 2.51. The van der Waals surface area contributed by atoms with E-state index in [1.165, 1.54) is 34.6 Å². The summed E-state index contributed by atoms with van der Waals surface area (Å²) in [4.78, 5) is 0. The molecule has 0 spiro atoms. The molecule has 0 aliphatic carbocycles. The lowest BCUT2D eigenvalue weighted by Crippen LogP contribution is -2.30. The fourth-order valence-electron chi connectivity index (χ4n) is 1.83. The van der Waals surface area contributed by atoms with Crippen LogP contribution in [-0.4, -0.2) is 24.6 Å². The second kappa shape index (κ2) is 7.78. The molecule has 1 rings (SSSR count). The van der Waals surface area contributed by atoms with Gasteiger partial charge in [0.25, 0.3) is 0 Å². The molecule has 1 nitrogen and oxygen atoms in total. The van der Waals surface area contributed by atoms with E-state index in [2.05, 4.69) is 63.1 Å². The number of benzene rings is 1. The maximum absolute atomic E-state index is 3.42. The molecule has 1 unspecified atom stereocenters. The van der Waals surface area contributed by atoms with Crippen molar-refractivity contribution >= 4 is 11.8 Å². The first kappa shape index (κ1) is 14.6. The van der Waals surface area contributed by atoms with Crippen LogP contribution in [0.3, 0.4) is 0 Å². The molecule has 1 N–H and O–H groups in total. The van der Waals surface area contributed by atoms with E-state index in [1.807, 2.05) is 0 Å². The highest BCUT2D eigenvalue weighted by Gasteiger charge is 2.07. The van der Waals surface area contributed by atoms with Crippen molar-refractivity contribution in [3.63, 3.8) is 0 Å². The number of hydrogen-bond acceptors (Lipinski definition) is 2. The van der Waals surface area contributed by atoms with Crippen molar-refractivity contribution in [2.45, 2.75) is 39.7 Å². The second-order valence-electron chi connectivity index (χ2n) is 4.68. The Morgan fingerprint density at radius 1 is 1.24 bits per heavy atom. The van der Waals surface area contributed by atoms with Gasteiger partial charge in [0.15, 0.2) is 0 Å². The first-order chi connectivity index (χ1) is 8.17. The van der Waals surface area contributed by atoms with Crippen LogP contribution in [0, 0.1) is 13.8 Å². The van der Waals surface area contributed by atoms with Gasteiger partial charge in [0, 0.05) is 11.8 Å². The summed E-state index contributed by atoms with van der Waals surface area (Å²) in [7, 11) is 2.07. The van der Waals surface area contributed by atoms with E-state index in [-0.39, 0.29) is 0 Å². The summed E-state index contributed by atoms with van der Waals surface area (Å²) >= 11 is 2.05. The predicted molar refractivity (Wildman–Crippen MR) is 80.1 cm³/mol. The zero-order valence-electron chi connectivity index (χ0n) is 11.5. The van der Waals surface area contributed by atoms with Crippen LogP contribution >= 0.6 is 11.8 Å². The Labute approximate surface area is 110 Å². The minimum Gasteiger partial charge on any atom is -0.316 e. The molecule has 0 amide bonds. The van der Waals surface area contributed by atoms with E-state index in [0.717, 1.165) is 6.42 Å². The van der Waals surface area contributed by atoms with Gasteiger partial charge >= 0.3 is 0 Å². The predicted octanol–water partition coefficient (Wildman–Crippen LogP) is 3.58. The highest BCUT2D eigenvalue weighted by Crippen LogP contribution is 2.13. The summed E-state index contributed by atoms with van der Waals surface area (Å²) in [6.07, 6.45) is 2.40. The van der Waals surface area contributed by atoms with Crippen molar-refractivity contribution in [3.8, 4) is 0 Å². The topological polar surface area (TPSA) is 12.0 Å². The smallest absolute Gasteiger partial charge is 0.0195 e. The molecular weight excluding hydrogens is 226 g/mol. The summed E-state index contributed by atoms with van der Waals surface area (Å²) in [5.74, 6) is 2.47. The number of nitrogens with one attached hydrogen (secondary N) is 1. The number of aryl methyl sites for hydroxylation is 2. The molecule has 1 atom stereocenters. The molecule has 0 aromatic heterocycles. The second-order valence-corrected chi connectivity index (χ2v) is 5.83. The first-order valence-electron chi connectivity index (χ1n) is 6.48. The van der Waals surface area contributed by atoms with E-state index < -0.39 is 0 Å². The molecule has 96 valence electrons. The Kier molecular flexibility index (Phi) is 6.68. The lowest BCUT2D eigenvalue weighted by molar-refractivity contribution is 0.617. The summed E-state index contributed by atoms with van der Waals surface area (Å²) in [5, 5.41) is 3.42. The van der Waals surface area contributed by atoms with Gasteiger partial charge in [-0.05, 0) is 56.2 Å². The standard InChI is InChI=1S/C15H25NS/c1-5-8-17-11-15(16-4)10-14-7-6-12(2)13(3)9-14/h6-7,9,15-16H,5,8,10-11H2,1-4H3. The number of thioether (sulfide) groups is 1. The molecule has 0 saturated carbocycles. The van der Waals surface area contributed by atoms with Crippen LogP contribution < -0.4 is 5.32 Å². The highest BCUT2D eigenvalue weighted by molar-refractivity contribution is 7.99. The highest BCUT2D eigenvalue weighted by atomic mass is 32.2. The van der Waals surface area contributed by atoms with Crippen LogP contribution in [0.2, 0.25) is 0 Å². The summed E-state index contributed by atoms with van der Waals surface area (Å²) in [6.45, 7) is 6.61. The van der Waals surface area contributed by atoms with Gasteiger partial charge in [0.05, 0.1) is 0 Å². The maximum Gasteiger partial charge on any atom is 0.0195 e. The SMILES string of the molecule is CCCSCC(Cc1ccc(C)c(C)c1)NC. The fraction of sp³-hybridized carbons (Fsp3) is 0.600. The molecule has 0 aliphatic rings. The van der Waals surface area contributed by atoms with Crippen LogP contribution in [0.1, 0.15) is 30.0 Å². The third kappa shape index (κ3) is 5.13. The summed E-state index contributed by atoms with van der Waals surface area (Å²) in [6, 6.07) is 7.41. The van der Waals surface area contributed by atoms with Crippen LogP contribution in [0.5, 0.6) is 0 Å². The van der Waals surface area contributed by atoms with Crippen molar-refractivity contribution in [3.05, 3.63) is 34.9 Å². The molecule has 0 radical (unpaired) electrons. The lowest BCUT2D eigenvalue weighted by Gasteiger charge is -2.16. The Morgan fingerprint density at radius 3 is 2.59 bits per heavy atom. The number of likely N-dealkylation sites (N-methyl/N-ethyl adjacent to an activating group) is 1. The van der Waals surface area contributed by atoms with Crippen molar-refractivity contribution in [2.75, 3.05) is 18.6 Å². The van der Waals surface area contributed by atoms with E-state index in [4.69, 9.17) is 0 Å². The molecule has 0 heterocycles. The molecule has 1 aromatic rings. The molecule has 17 heavy (non-hydrogen) atoms. The minimum atomic E-state index is 0.591. The van der Waals surface area contributed by atoms with Crippen molar-refractivity contribution in [1.82, 2.24) is 5.32 Å². The van der Waals surface area contributed by atoms with E-state index in [1.54, 1.807) is 0 Å². The van der Waals surface area contributed by atoms with Crippen LogP contribution in [0.15, 0.2) is 18.2 Å².